The zero-order valence-corrected chi connectivity index (χ0v) is 16.7. The molecule has 1 fully saturated rings. The Morgan fingerprint density at radius 3 is 2.88 bits per heavy atom. The molecule has 1 aromatic carbocycles. The van der Waals surface area contributed by atoms with E-state index in [0.717, 1.165) is 55.0 Å². The molecule has 1 saturated heterocycles. The number of thioether (sulfide) groups is 1. The highest BCUT2D eigenvalue weighted by Crippen LogP contribution is 2.32. The van der Waals surface area contributed by atoms with Crippen LogP contribution in [0.3, 0.4) is 0 Å². The van der Waals surface area contributed by atoms with Crippen molar-refractivity contribution in [3.05, 3.63) is 55.5 Å². The quantitative estimate of drug-likeness (QED) is 0.537. The van der Waals surface area contributed by atoms with Crippen molar-refractivity contribution in [2.75, 3.05) is 6.61 Å². The predicted octanol–water partition coefficient (Wildman–Crippen LogP) is 4.51. The molecule has 0 N–H and O–H groups in total. The number of halogens is 2. The first-order valence-corrected chi connectivity index (χ1v) is 10.7. The molecule has 2 heterocycles. The summed E-state index contributed by atoms with van der Waals surface area (Å²) in [5.41, 5.74) is 3.30. The van der Waals surface area contributed by atoms with Gasteiger partial charge in [0.15, 0.2) is 0 Å². The van der Waals surface area contributed by atoms with Crippen LogP contribution in [-0.4, -0.2) is 22.3 Å². The van der Waals surface area contributed by atoms with E-state index in [1.165, 1.54) is 5.56 Å². The van der Waals surface area contributed by atoms with E-state index in [-0.39, 0.29) is 11.8 Å². The van der Waals surface area contributed by atoms with Crippen LogP contribution in [0.5, 0.6) is 0 Å². The summed E-state index contributed by atoms with van der Waals surface area (Å²) in [7, 11) is 0. The van der Waals surface area contributed by atoms with Crippen LogP contribution in [0.1, 0.15) is 36.1 Å². The molecule has 0 bridgehead atoms. The van der Waals surface area contributed by atoms with Crippen molar-refractivity contribution < 1.29 is 4.74 Å². The van der Waals surface area contributed by atoms with Gasteiger partial charge in [-0.2, -0.15) is 4.98 Å². The minimum atomic E-state index is -0.155. The van der Waals surface area contributed by atoms with E-state index in [1.54, 1.807) is 17.8 Å². The van der Waals surface area contributed by atoms with Gasteiger partial charge in [-0.25, -0.2) is 4.79 Å². The van der Waals surface area contributed by atoms with Gasteiger partial charge in [0.2, 0.25) is 0 Å². The Labute approximate surface area is 166 Å². The Bertz CT molecular complexity index is 879. The van der Waals surface area contributed by atoms with Gasteiger partial charge in [0.1, 0.15) is 5.03 Å². The summed E-state index contributed by atoms with van der Waals surface area (Å²) in [5.74, 6) is 0.714. The van der Waals surface area contributed by atoms with Crippen molar-refractivity contribution in [2.45, 2.75) is 55.5 Å². The number of hydrogen-bond acceptors (Lipinski definition) is 4. The Morgan fingerprint density at radius 2 is 2.12 bits per heavy atom. The first kappa shape index (κ1) is 18.4. The van der Waals surface area contributed by atoms with E-state index in [0.29, 0.717) is 22.3 Å². The lowest BCUT2D eigenvalue weighted by Crippen LogP contribution is -2.31. The molecule has 1 aliphatic carbocycles. The highest BCUT2D eigenvalue weighted by atomic mass is 35.5. The third kappa shape index (κ3) is 3.81. The van der Waals surface area contributed by atoms with Gasteiger partial charge in [0.25, 0.3) is 0 Å². The average molecular weight is 411 g/mol. The van der Waals surface area contributed by atoms with E-state index in [1.807, 2.05) is 16.7 Å². The van der Waals surface area contributed by atoms with Gasteiger partial charge in [-0.05, 0) is 49.8 Å². The van der Waals surface area contributed by atoms with Gasteiger partial charge in [-0.3, -0.25) is 4.57 Å². The molecule has 0 amide bonds. The fourth-order valence-electron chi connectivity index (χ4n) is 3.67. The summed E-state index contributed by atoms with van der Waals surface area (Å²) in [6.45, 7) is 1.43. The Kier molecular flexibility index (Phi) is 5.60. The second-order valence-corrected chi connectivity index (χ2v) is 8.54. The van der Waals surface area contributed by atoms with Crippen molar-refractivity contribution in [3.63, 3.8) is 0 Å². The summed E-state index contributed by atoms with van der Waals surface area (Å²) >= 11 is 13.7. The van der Waals surface area contributed by atoms with Crippen LogP contribution < -0.4 is 5.69 Å². The second-order valence-electron chi connectivity index (χ2n) is 6.76. The molecule has 0 radical (unpaired) electrons. The fourth-order valence-corrected chi connectivity index (χ4v) is 5.01. The first-order chi connectivity index (χ1) is 12.6. The highest BCUT2D eigenvalue weighted by Gasteiger charge is 2.25. The van der Waals surface area contributed by atoms with Gasteiger partial charge >= 0.3 is 5.69 Å². The largest absolute Gasteiger partial charge is 0.376 e. The third-order valence-corrected chi connectivity index (χ3v) is 6.80. The van der Waals surface area contributed by atoms with Crippen molar-refractivity contribution >= 4 is 35.0 Å². The molecule has 1 aromatic heterocycles. The maximum atomic E-state index is 12.6. The van der Waals surface area contributed by atoms with Crippen molar-refractivity contribution in [2.24, 2.45) is 0 Å². The molecule has 0 spiro atoms. The van der Waals surface area contributed by atoms with Crippen LogP contribution in [0.4, 0.5) is 0 Å². The Morgan fingerprint density at radius 1 is 1.23 bits per heavy atom. The topological polar surface area (TPSA) is 44.1 Å². The number of aromatic nitrogens is 2. The summed E-state index contributed by atoms with van der Waals surface area (Å²) < 4.78 is 7.56. The van der Waals surface area contributed by atoms with Gasteiger partial charge in [0.05, 0.1) is 22.7 Å². The standard InChI is InChI=1S/C19H20Cl2N2O2S/c20-15-7-6-12(9-16(15)21)11-26-18-14-4-1-5-17(14)23(19(24)22-18)10-13-3-2-8-25-13/h6-7,9,13H,1-5,8,10-11H2. The van der Waals surface area contributed by atoms with Crippen LogP contribution in [0.2, 0.25) is 10.0 Å². The summed E-state index contributed by atoms with van der Waals surface area (Å²) in [5, 5.41) is 1.96. The van der Waals surface area contributed by atoms with Crippen LogP contribution >= 0.6 is 35.0 Å². The molecule has 2 aliphatic rings. The lowest BCUT2D eigenvalue weighted by Gasteiger charge is -2.17. The predicted molar refractivity (Wildman–Crippen MR) is 106 cm³/mol. The molecule has 1 unspecified atom stereocenters. The molecule has 138 valence electrons. The monoisotopic (exact) mass is 410 g/mol. The maximum absolute atomic E-state index is 12.6. The fraction of sp³-hybridized carbons (Fsp3) is 0.474. The van der Waals surface area contributed by atoms with Gasteiger partial charge in [0, 0.05) is 23.6 Å². The van der Waals surface area contributed by atoms with E-state index in [2.05, 4.69) is 4.98 Å². The van der Waals surface area contributed by atoms with Gasteiger partial charge in [-0.15, -0.1) is 11.8 Å². The smallest absolute Gasteiger partial charge is 0.348 e. The number of nitrogens with zero attached hydrogens (tertiary/aromatic N) is 2. The summed E-state index contributed by atoms with van der Waals surface area (Å²) in [6, 6.07) is 5.63. The normalized spacial score (nSPS) is 19.1. The number of hydrogen-bond donors (Lipinski definition) is 0. The lowest BCUT2D eigenvalue weighted by molar-refractivity contribution is 0.0950. The SMILES string of the molecule is O=c1nc(SCc2ccc(Cl)c(Cl)c2)c2c(n1CC1CCCO1)CCC2. The van der Waals surface area contributed by atoms with Crippen LogP contribution in [0.25, 0.3) is 0 Å². The van der Waals surface area contributed by atoms with E-state index in [4.69, 9.17) is 27.9 Å². The number of rotatable bonds is 5. The molecule has 4 nitrogen and oxygen atoms in total. The van der Waals surface area contributed by atoms with E-state index < -0.39 is 0 Å². The lowest BCUT2D eigenvalue weighted by atomic mass is 10.2. The van der Waals surface area contributed by atoms with E-state index >= 15 is 0 Å². The molecule has 0 saturated carbocycles. The van der Waals surface area contributed by atoms with Crippen LogP contribution in [0.15, 0.2) is 28.0 Å². The summed E-state index contributed by atoms with van der Waals surface area (Å²) in [6.07, 6.45) is 5.25. The van der Waals surface area contributed by atoms with Crippen molar-refractivity contribution in [1.82, 2.24) is 9.55 Å². The second kappa shape index (κ2) is 7.93. The maximum Gasteiger partial charge on any atom is 0.348 e. The molecule has 26 heavy (non-hydrogen) atoms. The van der Waals surface area contributed by atoms with Crippen molar-refractivity contribution in [3.8, 4) is 0 Å². The zero-order chi connectivity index (χ0) is 18.1. The van der Waals surface area contributed by atoms with Gasteiger partial charge in [-0.1, -0.05) is 29.3 Å². The third-order valence-electron chi connectivity index (χ3n) is 4.97. The molecule has 4 rings (SSSR count). The number of ether oxygens (including phenoxy) is 1. The van der Waals surface area contributed by atoms with Crippen LogP contribution in [-0.2, 0) is 29.9 Å². The molecule has 1 aliphatic heterocycles. The number of fused-ring (bicyclic) bond motifs is 1. The first-order valence-electron chi connectivity index (χ1n) is 8.93. The van der Waals surface area contributed by atoms with Gasteiger partial charge < -0.3 is 4.74 Å². The molecule has 7 heteroatoms. The minimum Gasteiger partial charge on any atom is -0.376 e. The summed E-state index contributed by atoms with van der Waals surface area (Å²) in [4.78, 5) is 17.0. The molecule has 2 aromatic rings. The Balaban J connectivity index is 1.57. The molecular weight excluding hydrogens is 391 g/mol. The Hall–Kier alpha value is -1.01. The molecule has 1 atom stereocenters. The average Bonchev–Trinajstić information content (AvgIpc) is 3.30. The highest BCUT2D eigenvalue weighted by molar-refractivity contribution is 7.98. The van der Waals surface area contributed by atoms with Crippen LogP contribution in [0, 0.1) is 0 Å². The minimum absolute atomic E-state index is 0.147. The molecular formula is C19H20Cl2N2O2S. The number of benzene rings is 1. The van der Waals surface area contributed by atoms with Crippen molar-refractivity contribution in [1.29, 1.82) is 0 Å². The zero-order valence-electron chi connectivity index (χ0n) is 14.3. The van der Waals surface area contributed by atoms with E-state index in [9.17, 15) is 4.79 Å².